The van der Waals surface area contributed by atoms with Gasteiger partial charge < -0.3 is 50.5 Å². The van der Waals surface area contributed by atoms with Crippen LogP contribution in [0.1, 0.15) is 322 Å². The van der Waals surface area contributed by atoms with E-state index in [4.69, 9.17) is 9.47 Å². The molecule has 0 spiro atoms. The van der Waals surface area contributed by atoms with Gasteiger partial charge in [-0.15, -0.1) is 0 Å². The van der Waals surface area contributed by atoms with Gasteiger partial charge in [0.25, 0.3) is 0 Å². The van der Waals surface area contributed by atoms with Crippen molar-refractivity contribution >= 4 is 5.91 Å². The smallest absolute Gasteiger partial charge is 0.249 e. The predicted octanol–water partition coefficient (Wildman–Crippen LogP) is 14.7. The molecule has 11 heteroatoms. The lowest BCUT2D eigenvalue weighted by Crippen LogP contribution is -2.60. The van der Waals surface area contributed by atoms with Gasteiger partial charge in [-0.25, -0.2) is 0 Å². The molecule has 1 aliphatic rings. The molecule has 0 saturated carbocycles. The van der Waals surface area contributed by atoms with Crippen molar-refractivity contribution < 1.29 is 50.0 Å². The summed E-state index contributed by atoms with van der Waals surface area (Å²) in [5, 5.41) is 76.3. The topological polar surface area (TPSA) is 189 Å². The molecule has 9 atom stereocenters. The largest absolute Gasteiger partial charge is 0.394 e. The van der Waals surface area contributed by atoms with Crippen LogP contribution in [0.2, 0.25) is 0 Å². The number of allylic oxidation sites excluding steroid dienone is 2. The van der Waals surface area contributed by atoms with Crippen molar-refractivity contribution in [2.24, 2.45) is 0 Å². The third-order valence-electron chi connectivity index (χ3n) is 16.1. The first-order chi connectivity index (χ1) is 36.7. The van der Waals surface area contributed by atoms with Crippen LogP contribution >= 0.6 is 0 Å². The van der Waals surface area contributed by atoms with Gasteiger partial charge in [-0.1, -0.05) is 296 Å². The van der Waals surface area contributed by atoms with E-state index >= 15 is 0 Å². The van der Waals surface area contributed by atoms with Crippen LogP contribution in [-0.4, -0.2) is 110 Å². The van der Waals surface area contributed by atoms with Gasteiger partial charge in [0.1, 0.15) is 36.6 Å². The monoisotopic (exact) mass is 1070 g/mol. The van der Waals surface area contributed by atoms with Crippen molar-refractivity contribution in [1.29, 1.82) is 0 Å². The summed E-state index contributed by atoms with van der Waals surface area (Å²) in [5.41, 5.74) is 0. The second kappa shape index (κ2) is 53.5. The molecule has 0 radical (unpaired) electrons. The van der Waals surface area contributed by atoms with Crippen LogP contribution in [0, 0.1) is 0 Å². The summed E-state index contributed by atoms with van der Waals surface area (Å²) in [6.45, 7) is 3.49. The Morgan fingerprint density at radius 2 is 0.787 bits per heavy atom. The van der Waals surface area contributed by atoms with Gasteiger partial charge in [0.05, 0.1) is 25.4 Å². The average Bonchev–Trinajstić information content (AvgIpc) is 3.41. The van der Waals surface area contributed by atoms with Gasteiger partial charge in [0.2, 0.25) is 5.91 Å². The zero-order chi connectivity index (χ0) is 54.7. The number of rotatable bonds is 57. The molecule has 8 N–H and O–H groups in total. The maximum absolute atomic E-state index is 13.2. The zero-order valence-electron chi connectivity index (χ0n) is 49.1. The number of aliphatic hydroxyl groups is 7. The third kappa shape index (κ3) is 41.5. The van der Waals surface area contributed by atoms with Crippen molar-refractivity contribution in [2.75, 3.05) is 13.2 Å². The highest BCUT2D eigenvalue weighted by molar-refractivity contribution is 5.80. The molecule has 1 fully saturated rings. The number of aliphatic hydroxyl groups excluding tert-OH is 7. The molecule has 9 unspecified atom stereocenters. The van der Waals surface area contributed by atoms with Crippen LogP contribution in [0.15, 0.2) is 12.2 Å². The number of nitrogens with one attached hydrogen (secondary N) is 1. The molecular formula is C64H125NO10. The lowest BCUT2D eigenvalue weighted by molar-refractivity contribution is -0.303. The summed E-state index contributed by atoms with van der Waals surface area (Å²) in [7, 11) is 0. The Labute approximate surface area is 462 Å². The molecule has 0 aromatic carbocycles. The number of amides is 1. The van der Waals surface area contributed by atoms with E-state index in [-0.39, 0.29) is 12.8 Å². The quantitative estimate of drug-likeness (QED) is 0.0215. The number of unbranched alkanes of at least 4 members (excludes halogenated alkanes) is 43. The Balaban J connectivity index is 2.22. The second-order valence-electron chi connectivity index (χ2n) is 23.2. The number of hydrogen-bond donors (Lipinski definition) is 8. The fourth-order valence-electron chi connectivity index (χ4n) is 10.8. The third-order valence-corrected chi connectivity index (χ3v) is 16.1. The SMILES string of the molecule is CCCCCCCCCCCCCCCCCCCCCCCCCCCC/C=C/CCCC(O)C(O)C(COC1OC(CO)C(O)C(O)C1O)NC(=O)C(O)CCCCCCCCCCCCCCCCCCC. The highest BCUT2D eigenvalue weighted by Crippen LogP contribution is 2.24. The fourth-order valence-corrected chi connectivity index (χ4v) is 10.8. The maximum Gasteiger partial charge on any atom is 0.249 e. The number of hydrogen-bond acceptors (Lipinski definition) is 10. The molecule has 0 aromatic heterocycles. The molecule has 1 heterocycles. The van der Waals surface area contributed by atoms with Gasteiger partial charge in [0.15, 0.2) is 6.29 Å². The Kier molecular flexibility index (Phi) is 51.3. The van der Waals surface area contributed by atoms with E-state index in [9.17, 15) is 40.5 Å². The predicted molar refractivity (Wildman–Crippen MR) is 312 cm³/mol. The Bertz CT molecular complexity index is 1220. The fraction of sp³-hybridized carbons (Fsp3) is 0.953. The second-order valence-corrected chi connectivity index (χ2v) is 23.2. The van der Waals surface area contributed by atoms with E-state index in [1.165, 1.54) is 250 Å². The van der Waals surface area contributed by atoms with Crippen molar-refractivity contribution in [3.8, 4) is 0 Å². The minimum atomic E-state index is -1.67. The highest BCUT2D eigenvalue weighted by atomic mass is 16.7. The van der Waals surface area contributed by atoms with E-state index in [0.717, 1.165) is 32.1 Å². The molecule has 0 aliphatic carbocycles. The standard InChI is InChI=1S/C64H125NO10/c1-3-5-7-9-11-13-15-17-19-21-22-23-24-25-26-27-28-29-30-31-32-33-34-36-37-39-41-43-45-47-49-51-56(67)59(69)55(54-74-64-62(72)61(71)60(70)58(53-66)75-64)65-63(73)57(68)52-50-48-46-44-42-40-38-35-20-18-16-14-12-10-8-6-4-2/h43,45,55-62,64,66-72H,3-42,44,46-54H2,1-2H3,(H,65,73)/b45-43+. The lowest BCUT2D eigenvalue weighted by atomic mass is 9.98. The van der Waals surface area contributed by atoms with Gasteiger partial charge >= 0.3 is 0 Å². The van der Waals surface area contributed by atoms with Gasteiger partial charge in [-0.3, -0.25) is 4.79 Å². The minimum Gasteiger partial charge on any atom is -0.394 e. The first-order valence-corrected chi connectivity index (χ1v) is 32.6. The molecule has 446 valence electrons. The Morgan fingerprint density at radius 3 is 1.15 bits per heavy atom. The number of carbonyl (C=O) groups is 1. The van der Waals surface area contributed by atoms with Crippen LogP contribution in [0.5, 0.6) is 0 Å². The van der Waals surface area contributed by atoms with E-state index in [1.807, 2.05) is 0 Å². The van der Waals surface area contributed by atoms with Crippen molar-refractivity contribution in [3.63, 3.8) is 0 Å². The first-order valence-electron chi connectivity index (χ1n) is 32.6. The normalized spacial score (nSPS) is 19.7. The maximum atomic E-state index is 13.2. The number of ether oxygens (including phenoxy) is 2. The molecule has 1 aliphatic heterocycles. The highest BCUT2D eigenvalue weighted by Gasteiger charge is 2.44. The molecule has 75 heavy (non-hydrogen) atoms. The molecule has 1 saturated heterocycles. The van der Waals surface area contributed by atoms with E-state index in [0.29, 0.717) is 12.8 Å². The summed E-state index contributed by atoms with van der Waals surface area (Å²) in [4.78, 5) is 13.2. The van der Waals surface area contributed by atoms with Crippen LogP contribution in [0.25, 0.3) is 0 Å². The minimum absolute atomic E-state index is 0.259. The van der Waals surface area contributed by atoms with Crippen LogP contribution in [0.3, 0.4) is 0 Å². The number of carbonyl (C=O) groups excluding carboxylic acids is 1. The average molecular weight is 1070 g/mol. The van der Waals surface area contributed by atoms with Crippen molar-refractivity contribution in [2.45, 2.75) is 377 Å². The van der Waals surface area contributed by atoms with E-state index in [2.05, 4.69) is 31.3 Å². The molecule has 0 bridgehead atoms. The summed E-state index contributed by atoms with van der Waals surface area (Å²) >= 11 is 0. The lowest BCUT2D eigenvalue weighted by Gasteiger charge is -2.40. The zero-order valence-corrected chi connectivity index (χ0v) is 49.1. The van der Waals surface area contributed by atoms with Crippen molar-refractivity contribution in [3.05, 3.63) is 12.2 Å². The van der Waals surface area contributed by atoms with Crippen LogP contribution in [0.4, 0.5) is 0 Å². The Hall–Kier alpha value is -1.15. The summed E-state index contributed by atoms with van der Waals surface area (Å²) in [6, 6.07) is -1.18. The van der Waals surface area contributed by atoms with Crippen LogP contribution < -0.4 is 5.32 Å². The molecular weight excluding hydrogens is 943 g/mol. The van der Waals surface area contributed by atoms with Crippen molar-refractivity contribution in [1.82, 2.24) is 5.32 Å². The van der Waals surface area contributed by atoms with E-state index < -0.39 is 74.2 Å². The summed E-state index contributed by atoms with van der Waals surface area (Å²) in [5.74, 6) is -0.700. The van der Waals surface area contributed by atoms with Crippen LogP contribution in [-0.2, 0) is 14.3 Å². The van der Waals surface area contributed by atoms with Gasteiger partial charge in [-0.2, -0.15) is 0 Å². The first kappa shape index (κ1) is 71.9. The van der Waals surface area contributed by atoms with Gasteiger partial charge in [0, 0.05) is 0 Å². The molecule has 1 amide bonds. The summed E-state index contributed by atoms with van der Waals surface area (Å²) in [6.07, 6.45) is 52.9. The Morgan fingerprint density at radius 1 is 0.453 bits per heavy atom. The van der Waals surface area contributed by atoms with Gasteiger partial charge in [-0.05, 0) is 38.5 Å². The molecule has 1 rings (SSSR count). The molecule has 0 aromatic rings. The molecule has 11 nitrogen and oxygen atoms in total. The summed E-state index contributed by atoms with van der Waals surface area (Å²) < 4.78 is 11.2. The van der Waals surface area contributed by atoms with E-state index in [1.54, 1.807) is 0 Å².